The van der Waals surface area contributed by atoms with E-state index in [1.54, 1.807) is 0 Å². The van der Waals surface area contributed by atoms with Crippen molar-refractivity contribution in [1.82, 2.24) is 20.3 Å². The lowest BCUT2D eigenvalue weighted by Gasteiger charge is -2.34. The van der Waals surface area contributed by atoms with Gasteiger partial charge in [-0.3, -0.25) is 4.90 Å². The van der Waals surface area contributed by atoms with Gasteiger partial charge in [-0.15, -0.1) is 0 Å². The highest BCUT2D eigenvalue weighted by molar-refractivity contribution is 5.05. The third-order valence-electron chi connectivity index (χ3n) is 3.77. The van der Waals surface area contributed by atoms with Crippen molar-refractivity contribution >= 4 is 0 Å². The lowest BCUT2D eigenvalue weighted by molar-refractivity contribution is 0.110. The van der Waals surface area contributed by atoms with E-state index >= 15 is 0 Å². The molecule has 0 saturated carbocycles. The van der Waals surface area contributed by atoms with Gasteiger partial charge in [-0.2, -0.15) is 0 Å². The fourth-order valence-electron chi connectivity index (χ4n) is 2.69. The first-order valence-electron chi connectivity index (χ1n) is 8.15. The molecule has 0 atom stereocenters. The SMILES string of the molecule is CC(C)CN1CCN(Cc2cc(CNC(C)C)no2)CC1. The van der Waals surface area contributed by atoms with E-state index in [1.165, 1.54) is 6.54 Å². The number of hydrogen-bond donors (Lipinski definition) is 1. The third kappa shape index (κ3) is 5.77. The van der Waals surface area contributed by atoms with E-state index in [0.717, 1.165) is 56.6 Å². The zero-order chi connectivity index (χ0) is 15.2. The number of nitrogens with zero attached hydrogens (tertiary/aromatic N) is 3. The van der Waals surface area contributed by atoms with Gasteiger partial charge >= 0.3 is 0 Å². The van der Waals surface area contributed by atoms with Crippen LogP contribution >= 0.6 is 0 Å². The second-order valence-electron chi connectivity index (χ2n) is 6.79. The molecule has 0 amide bonds. The van der Waals surface area contributed by atoms with E-state index in [0.29, 0.717) is 6.04 Å². The summed E-state index contributed by atoms with van der Waals surface area (Å²) in [6, 6.07) is 2.55. The third-order valence-corrected chi connectivity index (χ3v) is 3.77. The van der Waals surface area contributed by atoms with Gasteiger partial charge in [0.15, 0.2) is 5.76 Å². The second kappa shape index (κ2) is 7.92. The first-order chi connectivity index (χ1) is 10.0. The van der Waals surface area contributed by atoms with E-state index in [2.05, 4.69) is 54.0 Å². The summed E-state index contributed by atoms with van der Waals surface area (Å²) in [6.07, 6.45) is 0. The summed E-state index contributed by atoms with van der Waals surface area (Å²) in [5, 5.41) is 7.49. The lowest BCUT2D eigenvalue weighted by Crippen LogP contribution is -2.46. The maximum Gasteiger partial charge on any atom is 0.151 e. The summed E-state index contributed by atoms with van der Waals surface area (Å²) < 4.78 is 5.45. The number of hydrogen-bond acceptors (Lipinski definition) is 5. The van der Waals surface area contributed by atoms with Crippen molar-refractivity contribution in [2.75, 3.05) is 32.7 Å². The molecule has 5 heteroatoms. The van der Waals surface area contributed by atoms with Gasteiger partial charge in [0, 0.05) is 51.4 Å². The number of aromatic nitrogens is 1. The molecule has 21 heavy (non-hydrogen) atoms. The molecule has 0 aromatic carbocycles. The summed E-state index contributed by atoms with van der Waals surface area (Å²) in [6.45, 7) is 16.3. The second-order valence-corrected chi connectivity index (χ2v) is 6.79. The van der Waals surface area contributed by atoms with E-state index in [1.807, 2.05) is 0 Å². The molecule has 1 fully saturated rings. The van der Waals surface area contributed by atoms with Crippen LogP contribution in [0.4, 0.5) is 0 Å². The number of piperazine rings is 1. The first kappa shape index (κ1) is 16.5. The van der Waals surface area contributed by atoms with Crippen LogP contribution in [0.25, 0.3) is 0 Å². The molecule has 1 saturated heterocycles. The van der Waals surface area contributed by atoms with Gasteiger partial charge in [-0.1, -0.05) is 32.9 Å². The smallest absolute Gasteiger partial charge is 0.151 e. The van der Waals surface area contributed by atoms with Crippen molar-refractivity contribution in [2.24, 2.45) is 5.92 Å². The van der Waals surface area contributed by atoms with Gasteiger partial charge in [-0.05, 0) is 5.92 Å². The molecule has 2 rings (SSSR count). The molecule has 1 N–H and O–H groups in total. The summed E-state index contributed by atoms with van der Waals surface area (Å²) >= 11 is 0. The van der Waals surface area contributed by atoms with Crippen LogP contribution in [0, 0.1) is 5.92 Å². The molecule has 5 nitrogen and oxygen atoms in total. The maximum atomic E-state index is 5.45. The minimum Gasteiger partial charge on any atom is -0.360 e. The highest BCUT2D eigenvalue weighted by Gasteiger charge is 2.18. The molecule has 0 bridgehead atoms. The van der Waals surface area contributed by atoms with Crippen LogP contribution in [0.5, 0.6) is 0 Å². The predicted molar refractivity (Wildman–Crippen MR) is 85.0 cm³/mol. The van der Waals surface area contributed by atoms with Gasteiger partial charge in [0.1, 0.15) is 0 Å². The van der Waals surface area contributed by atoms with E-state index in [4.69, 9.17) is 4.52 Å². The minimum absolute atomic E-state index is 0.471. The number of nitrogens with one attached hydrogen (secondary N) is 1. The van der Waals surface area contributed by atoms with E-state index in [-0.39, 0.29) is 0 Å². The molecule has 0 spiro atoms. The minimum atomic E-state index is 0.471. The average Bonchev–Trinajstić information content (AvgIpc) is 2.86. The van der Waals surface area contributed by atoms with Crippen LogP contribution in [0.3, 0.4) is 0 Å². The largest absolute Gasteiger partial charge is 0.360 e. The van der Waals surface area contributed by atoms with Crippen LogP contribution in [-0.2, 0) is 13.1 Å². The predicted octanol–water partition coefficient (Wildman–Crippen LogP) is 1.95. The van der Waals surface area contributed by atoms with Crippen LogP contribution in [0.1, 0.15) is 39.1 Å². The van der Waals surface area contributed by atoms with Gasteiger partial charge < -0.3 is 14.7 Å². The Hall–Kier alpha value is -0.910. The summed E-state index contributed by atoms with van der Waals surface area (Å²) in [7, 11) is 0. The van der Waals surface area contributed by atoms with Crippen molar-refractivity contribution in [2.45, 2.75) is 46.8 Å². The fourth-order valence-corrected chi connectivity index (χ4v) is 2.69. The fraction of sp³-hybridized carbons (Fsp3) is 0.812. The topological polar surface area (TPSA) is 44.5 Å². The molecular weight excluding hydrogens is 264 g/mol. The van der Waals surface area contributed by atoms with Crippen LogP contribution in [-0.4, -0.2) is 53.7 Å². The van der Waals surface area contributed by atoms with Crippen molar-refractivity contribution in [1.29, 1.82) is 0 Å². The Morgan fingerprint density at radius 2 is 1.81 bits per heavy atom. The summed E-state index contributed by atoms with van der Waals surface area (Å²) in [4.78, 5) is 5.01. The van der Waals surface area contributed by atoms with Crippen LogP contribution in [0.2, 0.25) is 0 Å². The summed E-state index contributed by atoms with van der Waals surface area (Å²) in [5.41, 5.74) is 0.997. The lowest BCUT2D eigenvalue weighted by atomic mass is 10.2. The van der Waals surface area contributed by atoms with Crippen molar-refractivity contribution in [3.8, 4) is 0 Å². The van der Waals surface area contributed by atoms with Crippen molar-refractivity contribution < 1.29 is 4.52 Å². The average molecular weight is 294 g/mol. The Kier molecular flexibility index (Phi) is 6.21. The van der Waals surface area contributed by atoms with Gasteiger partial charge in [0.05, 0.1) is 12.2 Å². The highest BCUT2D eigenvalue weighted by Crippen LogP contribution is 2.11. The Morgan fingerprint density at radius 1 is 1.14 bits per heavy atom. The van der Waals surface area contributed by atoms with E-state index in [9.17, 15) is 0 Å². The van der Waals surface area contributed by atoms with Crippen molar-refractivity contribution in [3.63, 3.8) is 0 Å². The molecular formula is C16H30N4O. The Labute approximate surface area is 128 Å². The maximum absolute atomic E-state index is 5.45. The van der Waals surface area contributed by atoms with Crippen LogP contribution in [0.15, 0.2) is 10.6 Å². The zero-order valence-corrected chi connectivity index (χ0v) is 13.9. The molecule has 1 aromatic heterocycles. The molecule has 1 aliphatic heterocycles. The Morgan fingerprint density at radius 3 is 2.43 bits per heavy atom. The van der Waals surface area contributed by atoms with Crippen molar-refractivity contribution in [3.05, 3.63) is 17.5 Å². The molecule has 2 heterocycles. The monoisotopic (exact) mass is 294 g/mol. The zero-order valence-electron chi connectivity index (χ0n) is 13.9. The van der Waals surface area contributed by atoms with Gasteiger partial charge in [-0.25, -0.2) is 0 Å². The van der Waals surface area contributed by atoms with E-state index < -0.39 is 0 Å². The standard InChI is InChI=1S/C16H30N4O/c1-13(2)11-19-5-7-20(8-6-19)12-16-9-15(18-21-16)10-17-14(3)4/h9,13-14,17H,5-8,10-12H2,1-4H3. The van der Waals surface area contributed by atoms with Crippen LogP contribution < -0.4 is 5.32 Å². The molecule has 1 aliphatic rings. The molecule has 0 radical (unpaired) electrons. The van der Waals surface area contributed by atoms with Gasteiger partial charge in [0.2, 0.25) is 0 Å². The summed E-state index contributed by atoms with van der Waals surface area (Å²) in [5.74, 6) is 1.73. The first-order valence-corrected chi connectivity index (χ1v) is 8.15. The Bertz CT molecular complexity index is 408. The number of rotatable bonds is 7. The quantitative estimate of drug-likeness (QED) is 0.833. The molecule has 0 unspecified atom stereocenters. The Balaban J connectivity index is 1.73. The highest BCUT2D eigenvalue weighted by atomic mass is 16.5. The van der Waals surface area contributed by atoms with Gasteiger partial charge in [0.25, 0.3) is 0 Å². The normalized spacial score (nSPS) is 18.0. The molecule has 1 aromatic rings. The molecule has 120 valence electrons. The molecule has 0 aliphatic carbocycles.